The third-order valence-electron chi connectivity index (χ3n) is 3.16. The van der Waals surface area contributed by atoms with Crippen LogP contribution < -0.4 is 4.74 Å². The first kappa shape index (κ1) is 12.6. The third kappa shape index (κ3) is 3.32. The highest BCUT2D eigenvalue weighted by Crippen LogP contribution is 2.36. The summed E-state index contributed by atoms with van der Waals surface area (Å²) in [5, 5.41) is 0.911. The zero-order valence-corrected chi connectivity index (χ0v) is 11.4. The van der Waals surface area contributed by atoms with Gasteiger partial charge in [-0.15, -0.1) is 0 Å². The Morgan fingerprint density at radius 1 is 1.35 bits per heavy atom. The number of para-hydroxylation sites is 1. The maximum Gasteiger partial charge on any atom is 0.132 e. The fraction of sp³-hybridized carbons (Fsp3) is 0.500. The van der Waals surface area contributed by atoms with Crippen molar-refractivity contribution >= 4 is 21.7 Å². The van der Waals surface area contributed by atoms with Crippen LogP contribution in [0.15, 0.2) is 24.3 Å². The van der Waals surface area contributed by atoms with E-state index in [1.54, 1.807) is 0 Å². The van der Waals surface area contributed by atoms with Crippen LogP contribution in [0.5, 0.6) is 5.75 Å². The van der Waals surface area contributed by atoms with Crippen LogP contribution in [0.1, 0.15) is 37.2 Å². The van der Waals surface area contributed by atoms with Gasteiger partial charge in [-0.2, -0.15) is 0 Å². The fourth-order valence-electron chi connectivity index (χ4n) is 2.19. The highest BCUT2D eigenvalue weighted by molar-refractivity contribution is 9.09. The van der Waals surface area contributed by atoms with Gasteiger partial charge in [0.25, 0.3) is 0 Å². The van der Waals surface area contributed by atoms with E-state index in [2.05, 4.69) is 22.0 Å². The molecule has 1 heterocycles. The standard InChI is InChI=1S/C14H17BrO2/c15-9-3-4-12(16)8-7-11-10-17-14-6-2-1-5-13(11)14/h1-2,5-6,11H,3-4,7-10H2. The number of rotatable bonds is 6. The summed E-state index contributed by atoms with van der Waals surface area (Å²) in [5.74, 6) is 1.76. The fourth-order valence-corrected chi connectivity index (χ4v) is 2.47. The maximum absolute atomic E-state index is 11.6. The van der Waals surface area contributed by atoms with E-state index in [1.807, 2.05) is 18.2 Å². The number of ketones is 1. The molecule has 1 aliphatic heterocycles. The molecule has 2 nitrogen and oxygen atoms in total. The van der Waals surface area contributed by atoms with Crippen molar-refractivity contribution in [1.82, 2.24) is 0 Å². The molecule has 1 aromatic carbocycles. The van der Waals surface area contributed by atoms with E-state index < -0.39 is 0 Å². The normalized spacial score (nSPS) is 17.6. The lowest BCUT2D eigenvalue weighted by atomic mass is 9.94. The van der Waals surface area contributed by atoms with E-state index in [0.29, 0.717) is 24.5 Å². The summed E-state index contributed by atoms with van der Waals surface area (Å²) in [6.07, 6.45) is 3.23. The van der Waals surface area contributed by atoms with Crippen LogP contribution in [0.25, 0.3) is 0 Å². The summed E-state index contributed by atoms with van der Waals surface area (Å²) in [7, 11) is 0. The van der Waals surface area contributed by atoms with E-state index >= 15 is 0 Å². The van der Waals surface area contributed by atoms with Crippen LogP contribution in [0.4, 0.5) is 0 Å². The minimum atomic E-state index is 0.369. The van der Waals surface area contributed by atoms with Crippen LogP contribution >= 0.6 is 15.9 Å². The number of hydrogen-bond donors (Lipinski definition) is 0. The topological polar surface area (TPSA) is 26.3 Å². The largest absolute Gasteiger partial charge is 0.493 e. The van der Waals surface area contributed by atoms with Crippen molar-refractivity contribution < 1.29 is 9.53 Å². The van der Waals surface area contributed by atoms with Crippen molar-refractivity contribution in [2.75, 3.05) is 11.9 Å². The molecule has 0 saturated carbocycles. The summed E-state index contributed by atoms with van der Waals surface area (Å²) >= 11 is 3.34. The van der Waals surface area contributed by atoms with Crippen LogP contribution in [-0.4, -0.2) is 17.7 Å². The lowest BCUT2D eigenvalue weighted by Crippen LogP contribution is -2.05. The van der Waals surface area contributed by atoms with Gasteiger partial charge in [-0.05, 0) is 18.9 Å². The van der Waals surface area contributed by atoms with Gasteiger partial charge in [0.2, 0.25) is 0 Å². The summed E-state index contributed by atoms with van der Waals surface area (Å²) < 4.78 is 5.61. The predicted octanol–water partition coefficient (Wildman–Crippen LogP) is 3.69. The Balaban J connectivity index is 1.83. The van der Waals surface area contributed by atoms with E-state index in [0.717, 1.165) is 30.5 Å². The highest BCUT2D eigenvalue weighted by Gasteiger charge is 2.23. The van der Waals surface area contributed by atoms with Crippen LogP contribution in [0.2, 0.25) is 0 Å². The molecule has 1 aromatic rings. The van der Waals surface area contributed by atoms with Gasteiger partial charge in [0.15, 0.2) is 0 Å². The number of hydrogen-bond acceptors (Lipinski definition) is 2. The van der Waals surface area contributed by atoms with Gasteiger partial charge < -0.3 is 4.74 Å². The smallest absolute Gasteiger partial charge is 0.132 e. The molecule has 0 bridgehead atoms. The van der Waals surface area contributed by atoms with E-state index in [-0.39, 0.29) is 0 Å². The zero-order valence-electron chi connectivity index (χ0n) is 9.82. The number of carbonyl (C=O) groups excluding carboxylic acids is 1. The highest BCUT2D eigenvalue weighted by atomic mass is 79.9. The second kappa shape index (κ2) is 6.20. The second-order valence-corrected chi connectivity index (χ2v) is 5.21. The molecule has 2 rings (SSSR count). The first-order valence-corrected chi connectivity index (χ1v) is 7.23. The average molecular weight is 297 g/mol. The third-order valence-corrected chi connectivity index (χ3v) is 3.72. The summed E-state index contributed by atoms with van der Waals surface area (Å²) in [6, 6.07) is 8.13. The van der Waals surface area contributed by atoms with Crippen molar-refractivity contribution in [2.45, 2.75) is 31.6 Å². The number of alkyl halides is 1. The van der Waals surface area contributed by atoms with Crippen molar-refractivity contribution in [3.63, 3.8) is 0 Å². The molecule has 0 spiro atoms. The average Bonchev–Trinajstić information content (AvgIpc) is 2.77. The molecule has 0 saturated heterocycles. The van der Waals surface area contributed by atoms with Gasteiger partial charge in [-0.1, -0.05) is 34.1 Å². The lowest BCUT2D eigenvalue weighted by Gasteiger charge is -2.07. The van der Waals surface area contributed by atoms with Gasteiger partial charge in [0, 0.05) is 29.7 Å². The van der Waals surface area contributed by atoms with Crippen LogP contribution in [0.3, 0.4) is 0 Å². The first-order valence-electron chi connectivity index (χ1n) is 6.10. The molecule has 1 aliphatic rings. The Morgan fingerprint density at radius 2 is 2.18 bits per heavy atom. The molecular weight excluding hydrogens is 280 g/mol. The van der Waals surface area contributed by atoms with Crippen molar-refractivity contribution in [2.24, 2.45) is 0 Å². The molecule has 0 fully saturated rings. The van der Waals surface area contributed by atoms with Crippen molar-refractivity contribution in [3.8, 4) is 5.75 Å². The quantitative estimate of drug-likeness (QED) is 0.749. The molecule has 0 amide bonds. The Kier molecular flexibility index (Phi) is 4.60. The summed E-state index contributed by atoms with van der Waals surface area (Å²) in [4.78, 5) is 11.6. The Labute approximate surface area is 110 Å². The number of benzene rings is 1. The number of carbonyl (C=O) groups is 1. The van der Waals surface area contributed by atoms with Crippen LogP contribution in [-0.2, 0) is 4.79 Å². The zero-order chi connectivity index (χ0) is 12.1. The van der Waals surface area contributed by atoms with Gasteiger partial charge in [0.05, 0.1) is 6.61 Å². The molecule has 0 N–H and O–H groups in total. The van der Waals surface area contributed by atoms with Gasteiger partial charge >= 0.3 is 0 Å². The molecule has 92 valence electrons. The minimum absolute atomic E-state index is 0.369. The molecule has 0 aromatic heterocycles. The monoisotopic (exact) mass is 296 g/mol. The molecular formula is C14H17BrO2. The Bertz CT molecular complexity index is 390. The SMILES string of the molecule is O=C(CCCBr)CCC1COc2ccccc21. The minimum Gasteiger partial charge on any atom is -0.493 e. The van der Waals surface area contributed by atoms with E-state index in [1.165, 1.54) is 5.56 Å². The van der Waals surface area contributed by atoms with Crippen molar-refractivity contribution in [3.05, 3.63) is 29.8 Å². The number of halogens is 1. The van der Waals surface area contributed by atoms with E-state index in [9.17, 15) is 4.79 Å². The van der Waals surface area contributed by atoms with Crippen LogP contribution in [0, 0.1) is 0 Å². The molecule has 0 radical (unpaired) electrons. The van der Waals surface area contributed by atoms with Crippen molar-refractivity contribution in [1.29, 1.82) is 0 Å². The molecule has 0 aliphatic carbocycles. The van der Waals surface area contributed by atoms with Gasteiger partial charge in [0.1, 0.15) is 11.5 Å². The van der Waals surface area contributed by atoms with Gasteiger partial charge in [-0.25, -0.2) is 0 Å². The Morgan fingerprint density at radius 3 is 3.00 bits per heavy atom. The van der Waals surface area contributed by atoms with Gasteiger partial charge in [-0.3, -0.25) is 4.79 Å². The molecule has 3 heteroatoms. The number of Topliss-reactive ketones (excluding diaryl/α,β-unsaturated/α-hetero) is 1. The van der Waals surface area contributed by atoms with E-state index in [4.69, 9.17) is 4.74 Å². The Hall–Kier alpha value is -0.830. The lowest BCUT2D eigenvalue weighted by molar-refractivity contribution is -0.119. The first-order chi connectivity index (χ1) is 8.31. The summed E-state index contributed by atoms with van der Waals surface area (Å²) in [6.45, 7) is 0.727. The molecule has 17 heavy (non-hydrogen) atoms. The molecule has 1 unspecified atom stereocenters. The molecule has 1 atom stereocenters. The maximum atomic E-state index is 11.6. The number of fused-ring (bicyclic) bond motifs is 1. The summed E-state index contributed by atoms with van der Waals surface area (Å²) in [5.41, 5.74) is 1.26. The second-order valence-electron chi connectivity index (χ2n) is 4.42. The predicted molar refractivity (Wildman–Crippen MR) is 71.9 cm³/mol. The number of ether oxygens (including phenoxy) is 1.